The summed E-state index contributed by atoms with van der Waals surface area (Å²) in [5.41, 5.74) is 1.33. The lowest BCUT2D eigenvalue weighted by molar-refractivity contribution is 0.167. The Morgan fingerprint density at radius 3 is 2.26 bits per heavy atom. The van der Waals surface area contributed by atoms with E-state index in [1.54, 1.807) is 0 Å². The second-order valence-corrected chi connectivity index (χ2v) is 9.28. The van der Waals surface area contributed by atoms with Crippen LogP contribution in [0.25, 0.3) is 0 Å². The Hall–Kier alpha value is -1.38. The summed E-state index contributed by atoms with van der Waals surface area (Å²) >= 11 is 0. The third-order valence-electron chi connectivity index (χ3n) is 4.08. The molecule has 0 aliphatic carbocycles. The van der Waals surface area contributed by atoms with Crippen LogP contribution in [-0.4, -0.2) is 8.32 Å². The van der Waals surface area contributed by atoms with Crippen molar-refractivity contribution in [2.75, 3.05) is 0 Å². The van der Waals surface area contributed by atoms with Crippen molar-refractivity contribution in [3.63, 3.8) is 0 Å². The fraction of sp³-hybridized carbons (Fsp3) is 0.294. The highest BCUT2D eigenvalue weighted by Crippen LogP contribution is 2.35. The van der Waals surface area contributed by atoms with E-state index in [0.29, 0.717) is 0 Å². The molecule has 1 aliphatic rings. The van der Waals surface area contributed by atoms with E-state index in [0.717, 1.165) is 6.42 Å². The highest BCUT2D eigenvalue weighted by molar-refractivity contribution is 6.85. The molecule has 98 valence electrons. The summed E-state index contributed by atoms with van der Waals surface area (Å²) in [6, 6.07) is 22.7. The number of hydrogen-bond acceptors (Lipinski definition) is 1. The molecular formula is C17H20OSi. The summed E-state index contributed by atoms with van der Waals surface area (Å²) in [4.78, 5) is 0. The van der Waals surface area contributed by atoms with Gasteiger partial charge in [0.2, 0.25) is 8.32 Å². The molecule has 3 rings (SSSR count). The van der Waals surface area contributed by atoms with Gasteiger partial charge in [0.1, 0.15) is 0 Å². The van der Waals surface area contributed by atoms with Crippen molar-refractivity contribution < 1.29 is 4.43 Å². The summed E-state index contributed by atoms with van der Waals surface area (Å²) in [6.07, 6.45) is 2.71. The lowest BCUT2D eigenvalue weighted by Gasteiger charge is -2.37. The normalized spacial score (nSPS) is 27.1. The van der Waals surface area contributed by atoms with Crippen molar-refractivity contribution in [1.29, 1.82) is 0 Å². The molecule has 0 saturated carbocycles. The lowest BCUT2D eigenvalue weighted by atomic mass is 10.1. The predicted molar refractivity (Wildman–Crippen MR) is 82.0 cm³/mol. The van der Waals surface area contributed by atoms with Gasteiger partial charge in [-0.15, -0.1) is 0 Å². The van der Waals surface area contributed by atoms with Crippen molar-refractivity contribution in [3.05, 3.63) is 66.2 Å². The SMILES string of the molecule is C[Si]1(c2ccccc2)CCCC(c2ccccc2)O1. The van der Waals surface area contributed by atoms with Gasteiger partial charge in [-0.05, 0) is 29.8 Å². The van der Waals surface area contributed by atoms with Crippen LogP contribution in [0.15, 0.2) is 60.7 Å². The largest absolute Gasteiger partial charge is 0.406 e. The maximum atomic E-state index is 6.58. The van der Waals surface area contributed by atoms with Crippen LogP contribution in [0.5, 0.6) is 0 Å². The van der Waals surface area contributed by atoms with Crippen LogP contribution in [0.1, 0.15) is 24.5 Å². The van der Waals surface area contributed by atoms with Crippen LogP contribution in [0, 0.1) is 0 Å². The molecule has 2 aromatic rings. The van der Waals surface area contributed by atoms with E-state index in [2.05, 4.69) is 67.2 Å². The Labute approximate surface area is 116 Å². The first-order valence-electron chi connectivity index (χ1n) is 7.06. The van der Waals surface area contributed by atoms with E-state index < -0.39 is 8.32 Å². The summed E-state index contributed by atoms with van der Waals surface area (Å²) in [6.45, 7) is 2.36. The minimum Gasteiger partial charge on any atom is -0.406 e. The fourth-order valence-electron chi connectivity index (χ4n) is 2.96. The van der Waals surface area contributed by atoms with E-state index in [1.807, 2.05) is 0 Å². The van der Waals surface area contributed by atoms with Gasteiger partial charge in [-0.25, -0.2) is 0 Å². The van der Waals surface area contributed by atoms with Crippen LogP contribution in [0.4, 0.5) is 0 Å². The second-order valence-electron chi connectivity index (χ2n) is 5.51. The molecule has 19 heavy (non-hydrogen) atoms. The van der Waals surface area contributed by atoms with E-state index >= 15 is 0 Å². The molecule has 1 fully saturated rings. The first-order chi connectivity index (χ1) is 9.28. The zero-order chi connectivity index (χ0) is 13.1. The number of benzene rings is 2. The van der Waals surface area contributed by atoms with E-state index in [-0.39, 0.29) is 6.10 Å². The van der Waals surface area contributed by atoms with Crippen LogP contribution in [-0.2, 0) is 4.43 Å². The van der Waals surface area contributed by atoms with E-state index in [4.69, 9.17) is 4.43 Å². The monoisotopic (exact) mass is 268 g/mol. The third kappa shape index (κ3) is 2.65. The average Bonchev–Trinajstić information content (AvgIpc) is 2.49. The van der Waals surface area contributed by atoms with E-state index in [1.165, 1.54) is 23.2 Å². The average molecular weight is 268 g/mol. The van der Waals surface area contributed by atoms with Crippen molar-refractivity contribution >= 4 is 13.5 Å². The summed E-state index contributed by atoms with van der Waals surface area (Å²) in [5, 5.41) is 1.43. The summed E-state index contributed by atoms with van der Waals surface area (Å²) in [5.74, 6) is 0. The van der Waals surface area contributed by atoms with Gasteiger partial charge in [0, 0.05) is 0 Å². The van der Waals surface area contributed by atoms with Crippen molar-refractivity contribution in [2.45, 2.75) is 31.5 Å². The Balaban J connectivity index is 1.86. The van der Waals surface area contributed by atoms with Gasteiger partial charge in [-0.1, -0.05) is 67.1 Å². The smallest absolute Gasteiger partial charge is 0.222 e. The molecular weight excluding hydrogens is 248 g/mol. The fourth-order valence-corrected chi connectivity index (χ4v) is 6.16. The highest BCUT2D eigenvalue weighted by Gasteiger charge is 2.37. The molecule has 0 amide bonds. The molecule has 0 bridgehead atoms. The Morgan fingerprint density at radius 1 is 0.947 bits per heavy atom. The predicted octanol–water partition coefficient (Wildman–Crippen LogP) is 4.02. The summed E-state index contributed by atoms with van der Waals surface area (Å²) < 4.78 is 6.58. The lowest BCUT2D eigenvalue weighted by Crippen LogP contribution is -2.50. The van der Waals surface area contributed by atoms with Crippen LogP contribution < -0.4 is 5.19 Å². The van der Waals surface area contributed by atoms with Gasteiger partial charge < -0.3 is 4.43 Å². The van der Waals surface area contributed by atoms with Gasteiger partial charge >= 0.3 is 0 Å². The standard InChI is InChI=1S/C17H20OSi/c1-19(16-11-6-3-7-12-16)14-8-13-17(18-19)15-9-4-2-5-10-15/h2-7,9-12,17H,8,13-14H2,1H3. The minimum atomic E-state index is -1.76. The molecule has 0 N–H and O–H groups in total. The van der Waals surface area contributed by atoms with Gasteiger partial charge in [-0.2, -0.15) is 0 Å². The van der Waals surface area contributed by atoms with Crippen molar-refractivity contribution in [1.82, 2.24) is 0 Å². The van der Waals surface area contributed by atoms with Gasteiger partial charge in [-0.3, -0.25) is 0 Å². The molecule has 2 aromatic carbocycles. The van der Waals surface area contributed by atoms with Crippen molar-refractivity contribution in [3.8, 4) is 0 Å². The van der Waals surface area contributed by atoms with E-state index in [9.17, 15) is 0 Å². The second kappa shape index (κ2) is 5.31. The molecule has 1 saturated heterocycles. The van der Waals surface area contributed by atoms with Gasteiger partial charge in [0.05, 0.1) is 6.10 Å². The maximum Gasteiger partial charge on any atom is 0.222 e. The van der Waals surface area contributed by atoms with Gasteiger partial charge in [0.25, 0.3) is 0 Å². The molecule has 2 atom stereocenters. The Bertz CT molecular complexity index is 525. The zero-order valence-electron chi connectivity index (χ0n) is 11.4. The molecule has 0 spiro atoms. The van der Waals surface area contributed by atoms with Crippen LogP contribution in [0.3, 0.4) is 0 Å². The number of rotatable bonds is 2. The highest BCUT2D eigenvalue weighted by atomic mass is 28.4. The first kappa shape index (κ1) is 12.6. The molecule has 2 heteroatoms. The minimum absolute atomic E-state index is 0.284. The third-order valence-corrected chi connectivity index (χ3v) is 7.75. The molecule has 0 aromatic heterocycles. The molecule has 1 heterocycles. The molecule has 0 radical (unpaired) electrons. The molecule has 2 unspecified atom stereocenters. The number of hydrogen-bond donors (Lipinski definition) is 0. The summed E-state index contributed by atoms with van der Waals surface area (Å²) in [7, 11) is -1.76. The first-order valence-corrected chi connectivity index (χ1v) is 9.68. The maximum absolute atomic E-state index is 6.58. The Morgan fingerprint density at radius 2 is 1.58 bits per heavy atom. The Kier molecular flexibility index (Phi) is 3.54. The van der Waals surface area contributed by atoms with Crippen LogP contribution >= 0.6 is 0 Å². The zero-order valence-corrected chi connectivity index (χ0v) is 12.4. The molecule has 1 nitrogen and oxygen atoms in total. The molecule has 1 aliphatic heterocycles. The quantitative estimate of drug-likeness (QED) is 0.748. The van der Waals surface area contributed by atoms with Gasteiger partial charge in [0.15, 0.2) is 0 Å². The van der Waals surface area contributed by atoms with Crippen molar-refractivity contribution in [2.24, 2.45) is 0 Å². The van der Waals surface area contributed by atoms with Crippen LogP contribution in [0.2, 0.25) is 12.6 Å². The topological polar surface area (TPSA) is 9.23 Å².